The molecule has 0 spiro atoms. The van der Waals surface area contributed by atoms with Crippen molar-refractivity contribution in [2.24, 2.45) is 0 Å². The smallest absolute Gasteiger partial charge is 0.0809 e. The summed E-state index contributed by atoms with van der Waals surface area (Å²) >= 11 is 0. The first-order valence-corrected chi connectivity index (χ1v) is 9.34. The van der Waals surface area contributed by atoms with Crippen LogP contribution in [0, 0.1) is 0 Å². The first-order chi connectivity index (χ1) is 8.18. The van der Waals surface area contributed by atoms with E-state index in [2.05, 4.69) is 60.5 Å². The summed E-state index contributed by atoms with van der Waals surface area (Å²) in [5.41, 5.74) is 1.40. The molecule has 0 bridgehead atoms. The lowest BCUT2D eigenvalue weighted by atomic mass is 10.2. The van der Waals surface area contributed by atoms with E-state index in [0.29, 0.717) is 0 Å². The highest BCUT2D eigenvalue weighted by Crippen LogP contribution is 2.14. The van der Waals surface area contributed by atoms with Crippen molar-refractivity contribution in [2.75, 3.05) is 0 Å². The number of rotatable bonds is 4. The predicted octanol–water partition coefficient (Wildman–Crippen LogP) is 3.24. The van der Waals surface area contributed by atoms with Crippen molar-refractivity contribution in [2.45, 2.75) is 25.6 Å². The Labute approximate surface area is 105 Å². The van der Waals surface area contributed by atoms with Crippen LogP contribution < -0.4 is 5.19 Å². The van der Waals surface area contributed by atoms with Crippen LogP contribution in [0.5, 0.6) is 0 Å². The highest BCUT2D eigenvalue weighted by molar-refractivity contribution is 6.89. The molecule has 88 valence electrons. The third kappa shape index (κ3) is 3.27. The van der Waals surface area contributed by atoms with Crippen molar-refractivity contribution < 1.29 is 0 Å². The van der Waals surface area contributed by atoms with Crippen LogP contribution >= 0.6 is 0 Å². The van der Waals surface area contributed by atoms with Gasteiger partial charge in [-0.2, -0.15) is 0 Å². The maximum atomic E-state index is 4.06. The van der Waals surface area contributed by atoms with Crippen LogP contribution in [0.3, 0.4) is 0 Å². The monoisotopic (exact) mass is 241 g/mol. The van der Waals surface area contributed by atoms with Crippen LogP contribution in [-0.2, 0) is 6.42 Å². The highest BCUT2D eigenvalue weighted by atomic mass is 28.3. The number of hydrogen-bond acceptors (Lipinski definition) is 1. The number of aromatic nitrogens is 1. The predicted molar refractivity (Wildman–Crippen MR) is 76.3 cm³/mol. The molecule has 17 heavy (non-hydrogen) atoms. The van der Waals surface area contributed by atoms with Crippen LogP contribution in [0.2, 0.25) is 19.1 Å². The summed E-state index contributed by atoms with van der Waals surface area (Å²) in [6.45, 7) is 4.90. The molecule has 0 aliphatic carbocycles. The molecule has 0 N–H and O–H groups in total. The lowest BCUT2D eigenvalue weighted by Gasteiger charge is -2.22. The number of benzene rings is 1. The average molecular weight is 241 g/mol. The minimum absolute atomic E-state index is 1.16. The maximum Gasteiger partial charge on any atom is 0.0809 e. The van der Waals surface area contributed by atoms with E-state index in [0.717, 1.165) is 6.42 Å². The van der Waals surface area contributed by atoms with E-state index in [1.165, 1.54) is 11.6 Å². The van der Waals surface area contributed by atoms with Gasteiger partial charge in [0, 0.05) is 12.4 Å². The van der Waals surface area contributed by atoms with E-state index in [1.54, 1.807) is 5.19 Å². The Morgan fingerprint density at radius 3 is 2.24 bits per heavy atom. The number of hydrogen-bond donors (Lipinski definition) is 0. The number of aryl methyl sites for hydroxylation is 1. The summed E-state index contributed by atoms with van der Waals surface area (Å²) < 4.78 is 0. The summed E-state index contributed by atoms with van der Waals surface area (Å²) in [7, 11) is -1.28. The Balaban J connectivity index is 2.03. The minimum Gasteiger partial charge on any atom is -0.265 e. The fourth-order valence-corrected chi connectivity index (χ4v) is 4.34. The Bertz CT molecular complexity index is 451. The van der Waals surface area contributed by atoms with Crippen molar-refractivity contribution in [3.63, 3.8) is 0 Å². The Kier molecular flexibility index (Phi) is 3.74. The average Bonchev–Trinajstić information content (AvgIpc) is 2.39. The molecule has 2 heteroatoms. The molecule has 0 radical (unpaired) electrons. The first kappa shape index (κ1) is 12.1. The van der Waals surface area contributed by atoms with Crippen molar-refractivity contribution in [1.29, 1.82) is 0 Å². The summed E-state index contributed by atoms with van der Waals surface area (Å²) in [5, 5.41) is 1.55. The molecule has 1 nitrogen and oxygen atoms in total. The second-order valence-corrected chi connectivity index (χ2v) is 9.95. The molecule has 0 saturated carbocycles. The molecule has 1 heterocycles. The molecule has 2 aromatic rings. The van der Waals surface area contributed by atoms with Gasteiger partial charge in [-0.15, -0.1) is 0 Å². The van der Waals surface area contributed by atoms with E-state index in [1.807, 2.05) is 12.4 Å². The van der Waals surface area contributed by atoms with Crippen molar-refractivity contribution in [3.05, 3.63) is 60.4 Å². The van der Waals surface area contributed by atoms with Gasteiger partial charge in [-0.05, 0) is 30.2 Å². The molecular weight excluding hydrogens is 222 g/mol. The first-order valence-electron chi connectivity index (χ1n) is 6.13. The fourth-order valence-electron chi connectivity index (χ4n) is 2.04. The van der Waals surface area contributed by atoms with Crippen LogP contribution in [0.15, 0.2) is 54.9 Å². The molecule has 0 aliphatic rings. The largest absolute Gasteiger partial charge is 0.265 e. The maximum absolute atomic E-state index is 4.06. The third-order valence-electron chi connectivity index (χ3n) is 3.34. The number of pyridine rings is 1. The van der Waals surface area contributed by atoms with Crippen LogP contribution in [-0.4, -0.2) is 13.1 Å². The van der Waals surface area contributed by atoms with E-state index in [9.17, 15) is 0 Å². The fraction of sp³-hybridized carbons (Fsp3) is 0.267. The van der Waals surface area contributed by atoms with Crippen LogP contribution in [0.25, 0.3) is 0 Å². The van der Waals surface area contributed by atoms with Gasteiger partial charge in [-0.1, -0.05) is 48.6 Å². The zero-order valence-electron chi connectivity index (χ0n) is 10.6. The van der Waals surface area contributed by atoms with Gasteiger partial charge in [0.1, 0.15) is 0 Å². The third-order valence-corrected chi connectivity index (χ3v) is 6.74. The summed E-state index contributed by atoms with van der Waals surface area (Å²) in [6.07, 6.45) is 4.93. The molecule has 0 saturated heterocycles. The van der Waals surface area contributed by atoms with E-state index in [-0.39, 0.29) is 0 Å². The Morgan fingerprint density at radius 1 is 0.941 bits per heavy atom. The van der Waals surface area contributed by atoms with E-state index >= 15 is 0 Å². The molecule has 0 amide bonds. The Hall–Kier alpha value is -1.41. The van der Waals surface area contributed by atoms with Gasteiger partial charge in [0.15, 0.2) is 0 Å². The SMILES string of the molecule is C[Si](C)(CCc1ccncc1)c1ccccc1. The normalized spacial score (nSPS) is 11.4. The zero-order valence-corrected chi connectivity index (χ0v) is 11.6. The molecule has 0 unspecified atom stereocenters. The summed E-state index contributed by atoms with van der Waals surface area (Å²) in [6, 6.07) is 16.5. The van der Waals surface area contributed by atoms with Crippen LogP contribution in [0.4, 0.5) is 0 Å². The van der Waals surface area contributed by atoms with Crippen molar-refractivity contribution >= 4 is 13.3 Å². The van der Waals surface area contributed by atoms with Gasteiger partial charge < -0.3 is 0 Å². The molecule has 2 rings (SSSR count). The van der Waals surface area contributed by atoms with Gasteiger partial charge in [-0.25, -0.2) is 0 Å². The highest BCUT2D eigenvalue weighted by Gasteiger charge is 2.22. The molecule has 0 aliphatic heterocycles. The minimum atomic E-state index is -1.28. The molecule has 0 atom stereocenters. The quantitative estimate of drug-likeness (QED) is 0.749. The van der Waals surface area contributed by atoms with Crippen LogP contribution in [0.1, 0.15) is 5.56 Å². The van der Waals surface area contributed by atoms with Crippen molar-refractivity contribution in [1.82, 2.24) is 4.98 Å². The van der Waals surface area contributed by atoms with Gasteiger partial charge in [0.05, 0.1) is 8.07 Å². The molecule has 1 aromatic heterocycles. The van der Waals surface area contributed by atoms with Gasteiger partial charge in [0.25, 0.3) is 0 Å². The zero-order chi connectivity index (χ0) is 12.1. The number of nitrogens with zero attached hydrogens (tertiary/aromatic N) is 1. The lowest BCUT2D eigenvalue weighted by molar-refractivity contribution is 1.08. The summed E-state index contributed by atoms with van der Waals surface area (Å²) in [4.78, 5) is 4.06. The second-order valence-electron chi connectivity index (χ2n) is 5.11. The molecular formula is C15H19NSi. The van der Waals surface area contributed by atoms with Gasteiger partial charge in [0.2, 0.25) is 0 Å². The topological polar surface area (TPSA) is 12.9 Å². The van der Waals surface area contributed by atoms with E-state index < -0.39 is 8.07 Å². The van der Waals surface area contributed by atoms with Crippen molar-refractivity contribution in [3.8, 4) is 0 Å². The summed E-state index contributed by atoms with van der Waals surface area (Å²) in [5.74, 6) is 0. The van der Waals surface area contributed by atoms with Gasteiger partial charge >= 0.3 is 0 Å². The van der Waals surface area contributed by atoms with E-state index in [4.69, 9.17) is 0 Å². The second kappa shape index (κ2) is 5.28. The van der Waals surface area contributed by atoms with Gasteiger partial charge in [-0.3, -0.25) is 4.98 Å². The standard InChI is InChI=1S/C15H19NSi/c1-17(2,15-6-4-3-5-7-15)13-10-14-8-11-16-12-9-14/h3-9,11-12H,10,13H2,1-2H3. The lowest BCUT2D eigenvalue weighted by Crippen LogP contribution is -2.41. The molecule has 1 aromatic carbocycles. The Morgan fingerprint density at radius 2 is 1.59 bits per heavy atom. The molecule has 0 fully saturated rings.